The Morgan fingerprint density at radius 3 is 2.83 bits per heavy atom. The molecule has 1 aromatic carbocycles. The van der Waals surface area contributed by atoms with E-state index in [4.69, 9.17) is 4.74 Å². The summed E-state index contributed by atoms with van der Waals surface area (Å²) in [6.45, 7) is 2.16. The molecule has 5 atom stereocenters. The lowest BCUT2D eigenvalue weighted by molar-refractivity contribution is -0.128. The van der Waals surface area contributed by atoms with Gasteiger partial charge in [0.15, 0.2) is 0 Å². The van der Waals surface area contributed by atoms with Gasteiger partial charge in [-0.3, -0.25) is 4.79 Å². The van der Waals surface area contributed by atoms with E-state index in [-0.39, 0.29) is 23.8 Å². The van der Waals surface area contributed by atoms with Crippen LogP contribution in [0.1, 0.15) is 68.9 Å². The number of aliphatic hydroxyl groups is 2. The fourth-order valence-corrected chi connectivity index (χ4v) is 4.78. The number of para-hydroxylation sites is 1. The van der Waals surface area contributed by atoms with Crippen LogP contribution in [0.3, 0.4) is 0 Å². The standard InChI is InChI=1S/C25H37NO4/c1-4-5-6-11-18(27)14-15-19-21(28)16-22-24(19)20-12-7-9-17(25(20)30-22)10-8-13-23(29)26(2)3/h7,9,12,14-15,18-19,21-22,24,27-28H,4-6,8,10-11,13,16H2,1-3H3/b15-14+/t18-,19-,21+,22-,24-/m0/s1. The molecule has 0 aromatic heterocycles. The molecule has 30 heavy (non-hydrogen) atoms. The van der Waals surface area contributed by atoms with Crippen molar-refractivity contribution in [3.05, 3.63) is 41.5 Å². The monoisotopic (exact) mass is 415 g/mol. The summed E-state index contributed by atoms with van der Waals surface area (Å²) in [5.74, 6) is 1.17. The minimum Gasteiger partial charge on any atom is -0.489 e. The zero-order valence-corrected chi connectivity index (χ0v) is 18.6. The van der Waals surface area contributed by atoms with Crippen molar-refractivity contribution in [1.82, 2.24) is 4.90 Å². The lowest BCUT2D eigenvalue weighted by Gasteiger charge is -2.18. The first-order chi connectivity index (χ1) is 14.4. The van der Waals surface area contributed by atoms with E-state index in [1.54, 1.807) is 19.0 Å². The molecule has 1 aliphatic heterocycles. The van der Waals surface area contributed by atoms with Crippen LogP contribution in [-0.2, 0) is 11.2 Å². The first-order valence-electron chi connectivity index (χ1n) is 11.5. The smallest absolute Gasteiger partial charge is 0.222 e. The third-order valence-corrected chi connectivity index (χ3v) is 6.48. The quantitative estimate of drug-likeness (QED) is 0.450. The number of hydrogen-bond acceptors (Lipinski definition) is 4. The molecule has 1 saturated carbocycles. The molecule has 1 heterocycles. The lowest BCUT2D eigenvalue weighted by atomic mass is 9.86. The summed E-state index contributed by atoms with van der Waals surface area (Å²) in [6, 6.07) is 6.24. The Labute approximate surface area is 180 Å². The number of unbranched alkanes of at least 4 members (excludes halogenated alkanes) is 2. The number of carbonyl (C=O) groups excluding carboxylic acids is 1. The van der Waals surface area contributed by atoms with Gasteiger partial charge in [0.1, 0.15) is 11.9 Å². The molecule has 166 valence electrons. The summed E-state index contributed by atoms with van der Waals surface area (Å²) >= 11 is 0. The van der Waals surface area contributed by atoms with Crippen molar-refractivity contribution in [3.8, 4) is 5.75 Å². The van der Waals surface area contributed by atoms with Crippen molar-refractivity contribution in [3.63, 3.8) is 0 Å². The van der Waals surface area contributed by atoms with Gasteiger partial charge in [0.05, 0.1) is 12.2 Å². The maximum absolute atomic E-state index is 11.9. The molecule has 0 unspecified atom stereocenters. The minimum atomic E-state index is -0.454. The number of amides is 1. The van der Waals surface area contributed by atoms with Crippen LogP contribution < -0.4 is 4.74 Å². The molecule has 2 N–H and O–H groups in total. The highest BCUT2D eigenvalue weighted by molar-refractivity contribution is 5.75. The summed E-state index contributed by atoms with van der Waals surface area (Å²) in [4.78, 5) is 13.5. The average Bonchev–Trinajstić information content (AvgIpc) is 3.21. The van der Waals surface area contributed by atoms with Gasteiger partial charge in [0.25, 0.3) is 0 Å². The van der Waals surface area contributed by atoms with Crippen molar-refractivity contribution >= 4 is 5.91 Å². The number of ether oxygens (including phenoxy) is 1. The number of benzene rings is 1. The molecule has 1 amide bonds. The van der Waals surface area contributed by atoms with Crippen molar-refractivity contribution in [2.24, 2.45) is 5.92 Å². The predicted molar refractivity (Wildman–Crippen MR) is 119 cm³/mol. The van der Waals surface area contributed by atoms with E-state index in [1.165, 1.54) is 0 Å². The maximum atomic E-state index is 11.9. The van der Waals surface area contributed by atoms with Crippen LogP contribution in [0.2, 0.25) is 0 Å². The second kappa shape index (κ2) is 10.5. The van der Waals surface area contributed by atoms with Gasteiger partial charge in [-0.15, -0.1) is 0 Å². The topological polar surface area (TPSA) is 70.0 Å². The Hall–Kier alpha value is -1.85. The van der Waals surface area contributed by atoms with Crippen LogP contribution in [0.25, 0.3) is 0 Å². The van der Waals surface area contributed by atoms with Crippen LogP contribution in [0.5, 0.6) is 5.75 Å². The van der Waals surface area contributed by atoms with Crippen LogP contribution >= 0.6 is 0 Å². The first-order valence-corrected chi connectivity index (χ1v) is 11.5. The van der Waals surface area contributed by atoms with Gasteiger partial charge in [-0.05, 0) is 24.8 Å². The normalized spacial score (nSPS) is 25.8. The van der Waals surface area contributed by atoms with Crippen molar-refractivity contribution < 1.29 is 19.7 Å². The van der Waals surface area contributed by atoms with E-state index < -0.39 is 12.2 Å². The molecule has 1 aromatic rings. The van der Waals surface area contributed by atoms with Gasteiger partial charge in [-0.25, -0.2) is 0 Å². The maximum Gasteiger partial charge on any atom is 0.222 e. The predicted octanol–water partition coefficient (Wildman–Crippen LogP) is 3.82. The third-order valence-electron chi connectivity index (χ3n) is 6.48. The van der Waals surface area contributed by atoms with Crippen molar-refractivity contribution in [2.75, 3.05) is 14.1 Å². The third kappa shape index (κ3) is 5.25. The number of carbonyl (C=O) groups is 1. The zero-order chi connectivity index (χ0) is 21.7. The van der Waals surface area contributed by atoms with E-state index >= 15 is 0 Å². The van der Waals surface area contributed by atoms with E-state index in [0.717, 1.165) is 55.4 Å². The van der Waals surface area contributed by atoms with Crippen LogP contribution in [0.15, 0.2) is 30.4 Å². The summed E-state index contributed by atoms with van der Waals surface area (Å²) in [5, 5.41) is 20.9. The lowest BCUT2D eigenvalue weighted by Crippen LogP contribution is -2.21. The Morgan fingerprint density at radius 1 is 1.30 bits per heavy atom. The molecular formula is C25H37NO4. The van der Waals surface area contributed by atoms with Crippen LogP contribution in [-0.4, -0.2) is 53.4 Å². The van der Waals surface area contributed by atoms with Gasteiger partial charge < -0.3 is 19.8 Å². The molecule has 0 spiro atoms. The fraction of sp³-hybridized carbons (Fsp3) is 0.640. The Bertz CT molecular complexity index is 745. The summed E-state index contributed by atoms with van der Waals surface area (Å²) < 4.78 is 6.30. The molecular weight excluding hydrogens is 378 g/mol. The van der Waals surface area contributed by atoms with Gasteiger partial charge in [0.2, 0.25) is 5.91 Å². The highest BCUT2D eigenvalue weighted by Crippen LogP contribution is 2.52. The van der Waals surface area contributed by atoms with Crippen molar-refractivity contribution in [2.45, 2.75) is 82.5 Å². The number of aryl methyl sites for hydroxylation is 1. The largest absolute Gasteiger partial charge is 0.489 e. The van der Waals surface area contributed by atoms with Crippen LogP contribution in [0.4, 0.5) is 0 Å². The van der Waals surface area contributed by atoms with Crippen LogP contribution in [0, 0.1) is 5.92 Å². The van der Waals surface area contributed by atoms with Crippen molar-refractivity contribution in [1.29, 1.82) is 0 Å². The number of fused-ring (bicyclic) bond motifs is 3. The first kappa shape index (κ1) is 22.8. The number of aliphatic hydroxyl groups excluding tert-OH is 2. The van der Waals surface area contributed by atoms with E-state index in [0.29, 0.717) is 12.8 Å². The Balaban J connectivity index is 1.67. The highest BCUT2D eigenvalue weighted by Gasteiger charge is 2.48. The molecule has 0 radical (unpaired) electrons. The summed E-state index contributed by atoms with van der Waals surface area (Å²) in [5.41, 5.74) is 2.30. The van der Waals surface area contributed by atoms with Gasteiger partial charge in [-0.2, -0.15) is 0 Å². The molecule has 0 bridgehead atoms. The molecule has 5 nitrogen and oxygen atoms in total. The average molecular weight is 416 g/mol. The molecule has 1 aliphatic carbocycles. The molecule has 3 rings (SSSR count). The van der Waals surface area contributed by atoms with Gasteiger partial charge in [0, 0.05) is 44.3 Å². The molecule has 2 aliphatic rings. The molecule has 5 heteroatoms. The zero-order valence-electron chi connectivity index (χ0n) is 18.6. The second-order valence-electron chi connectivity index (χ2n) is 8.99. The fourth-order valence-electron chi connectivity index (χ4n) is 4.78. The summed E-state index contributed by atoms with van der Waals surface area (Å²) in [7, 11) is 3.57. The molecule has 1 fully saturated rings. The van der Waals surface area contributed by atoms with Gasteiger partial charge >= 0.3 is 0 Å². The Morgan fingerprint density at radius 2 is 2.10 bits per heavy atom. The number of hydrogen-bond donors (Lipinski definition) is 2. The SMILES string of the molecule is CCCCC[C@H](O)/C=C/[C@@H]1[C@H]2c3cccc(CCCC(=O)N(C)C)c3O[C@H]2C[C@H]1O. The van der Waals surface area contributed by atoms with E-state index in [2.05, 4.69) is 25.1 Å². The summed E-state index contributed by atoms with van der Waals surface area (Å²) in [6.07, 6.45) is 9.74. The van der Waals surface area contributed by atoms with E-state index in [1.807, 2.05) is 12.2 Å². The Kier molecular flexibility index (Phi) is 7.95. The number of rotatable bonds is 10. The highest BCUT2D eigenvalue weighted by atomic mass is 16.5. The number of nitrogens with zero attached hydrogens (tertiary/aromatic N) is 1. The second-order valence-corrected chi connectivity index (χ2v) is 8.99. The van der Waals surface area contributed by atoms with Gasteiger partial charge in [-0.1, -0.05) is 56.5 Å². The molecule has 0 saturated heterocycles. The minimum absolute atomic E-state index is 0.0218. The van der Waals surface area contributed by atoms with E-state index in [9.17, 15) is 15.0 Å².